The van der Waals surface area contributed by atoms with E-state index >= 15 is 0 Å². The largest absolute Gasteiger partial charge is 0.308 e. The van der Waals surface area contributed by atoms with Crippen molar-refractivity contribution >= 4 is 33.4 Å². The minimum atomic E-state index is 0.941. The predicted octanol–water partition coefficient (Wildman–Crippen LogP) is 12.6. The average Bonchev–Trinajstić information content (AvgIpc) is 3.66. The summed E-state index contributed by atoms with van der Waals surface area (Å²) in [5.74, 6) is 0. The zero-order valence-electron chi connectivity index (χ0n) is 27.4. The van der Waals surface area contributed by atoms with Crippen LogP contribution in [0.2, 0.25) is 0 Å². The maximum Gasteiger partial charge on any atom is 0.0972 e. The second kappa shape index (κ2) is 12.7. The summed E-state index contributed by atoms with van der Waals surface area (Å²) >= 11 is 0. The predicted molar refractivity (Wildman–Crippen MR) is 209 cm³/mol. The molecule has 0 saturated carbocycles. The summed E-state index contributed by atoms with van der Waals surface area (Å²) in [5, 5.41) is 7.63. The van der Waals surface area contributed by atoms with Gasteiger partial charge in [0, 0.05) is 33.3 Å². The Morgan fingerprint density at radius 2 is 0.760 bits per heavy atom. The first kappa shape index (κ1) is 29.4. The van der Waals surface area contributed by atoms with Crippen LogP contribution in [0.15, 0.2) is 200 Å². The standard InChI is InChI=1S/C47H33N3/c1-5-15-34(16-6-1)36-25-29-40(30-26-36)49(41-31-27-37(28-32-41)35-17-7-2-8-18-35)47-43-24-14-13-23-42(43)45-33-44(38-19-9-3-10-20-38)48-50(45)46(47)39-21-11-4-12-22-39/h1-33H. The van der Waals surface area contributed by atoms with Crippen LogP contribution in [-0.2, 0) is 0 Å². The lowest BCUT2D eigenvalue weighted by molar-refractivity contribution is 0.976. The number of aromatic nitrogens is 2. The van der Waals surface area contributed by atoms with Gasteiger partial charge in [-0.15, -0.1) is 0 Å². The van der Waals surface area contributed by atoms with Crippen molar-refractivity contribution in [3.05, 3.63) is 200 Å². The summed E-state index contributed by atoms with van der Waals surface area (Å²) in [6.45, 7) is 0. The summed E-state index contributed by atoms with van der Waals surface area (Å²) in [5.41, 5.74) is 13.2. The number of hydrogen-bond donors (Lipinski definition) is 0. The number of rotatable bonds is 7. The highest BCUT2D eigenvalue weighted by Crippen LogP contribution is 2.47. The van der Waals surface area contributed by atoms with Crippen LogP contribution >= 0.6 is 0 Å². The number of fused-ring (bicyclic) bond motifs is 3. The number of pyridine rings is 1. The van der Waals surface area contributed by atoms with Crippen molar-refractivity contribution in [2.24, 2.45) is 0 Å². The van der Waals surface area contributed by atoms with Gasteiger partial charge in [-0.05, 0) is 52.6 Å². The van der Waals surface area contributed by atoms with Crippen LogP contribution in [0.3, 0.4) is 0 Å². The van der Waals surface area contributed by atoms with Gasteiger partial charge in [0.25, 0.3) is 0 Å². The van der Waals surface area contributed by atoms with E-state index in [4.69, 9.17) is 5.10 Å². The Kier molecular flexibility index (Phi) is 7.49. The Bertz CT molecular complexity index is 2460. The molecule has 0 spiro atoms. The summed E-state index contributed by atoms with van der Waals surface area (Å²) in [6.07, 6.45) is 0. The Labute approximate surface area is 292 Å². The maximum atomic E-state index is 5.34. The molecule has 0 aliphatic rings. The highest BCUT2D eigenvalue weighted by atomic mass is 15.3. The highest BCUT2D eigenvalue weighted by molar-refractivity contribution is 6.11. The minimum Gasteiger partial charge on any atom is -0.308 e. The van der Waals surface area contributed by atoms with E-state index in [0.29, 0.717) is 0 Å². The molecule has 9 rings (SSSR count). The Morgan fingerprint density at radius 3 is 1.26 bits per heavy atom. The second-order valence-corrected chi connectivity index (χ2v) is 12.5. The van der Waals surface area contributed by atoms with E-state index in [2.05, 4.69) is 204 Å². The van der Waals surface area contributed by atoms with Gasteiger partial charge < -0.3 is 4.90 Å². The lowest BCUT2D eigenvalue weighted by atomic mass is 9.99. The van der Waals surface area contributed by atoms with E-state index in [9.17, 15) is 0 Å². The quantitative estimate of drug-likeness (QED) is 0.173. The SMILES string of the molecule is c1ccc(-c2ccc(N(c3ccc(-c4ccccc4)cc3)c3c(-c4ccccc4)n4nc(-c5ccccc5)cc4c4ccccc34)cc2)cc1. The van der Waals surface area contributed by atoms with Gasteiger partial charge in [-0.25, -0.2) is 4.52 Å². The molecule has 0 unspecified atom stereocenters. The van der Waals surface area contributed by atoms with E-state index in [1.807, 2.05) is 6.07 Å². The van der Waals surface area contributed by atoms with Crippen LogP contribution in [0.5, 0.6) is 0 Å². The number of nitrogens with zero attached hydrogens (tertiary/aromatic N) is 3. The summed E-state index contributed by atoms with van der Waals surface area (Å²) < 4.78 is 2.15. The normalized spacial score (nSPS) is 11.2. The van der Waals surface area contributed by atoms with E-state index in [1.54, 1.807) is 0 Å². The van der Waals surface area contributed by atoms with Gasteiger partial charge in [-0.1, -0.05) is 170 Å². The molecule has 7 aromatic carbocycles. The molecule has 0 saturated heterocycles. The molecule has 0 amide bonds. The monoisotopic (exact) mass is 639 g/mol. The molecule has 0 atom stereocenters. The van der Waals surface area contributed by atoms with Crippen molar-refractivity contribution < 1.29 is 0 Å². The van der Waals surface area contributed by atoms with Crippen molar-refractivity contribution in [3.8, 4) is 44.8 Å². The van der Waals surface area contributed by atoms with E-state index in [0.717, 1.165) is 55.9 Å². The molecule has 3 nitrogen and oxygen atoms in total. The summed E-state index contributed by atoms with van der Waals surface area (Å²) in [6, 6.07) is 71.0. The van der Waals surface area contributed by atoms with Crippen LogP contribution in [-0.4, -0.2) is 9.61 Å². The Balaban J connectivity index is 1.34. The number of anilines is 3. The van der Waals surface area contributed by atoms with Gasteiger partial charge in [-0.3, -0.25) is 0 Å². The fourth-order valence-electron chi connectivity index (χ4n) is 6.99. The molecule has 0 aliphatic carbocycles. The molecule has 236 valence electrons. The molecule has 0 N–H and O–H groups in total. The van der Waals surface area contributed by atoms with Crippen LogP contribution in [0, 0.1) is 0 Å². The van der Waals surface area contributed by atoms with E-state index in [1.165, 1.54) is 22.3 Å². The Hall–Kier alpha value is -6.71. The number of hydrogen-bond acceptors (Lipinski definition) is 2. The van der Waals surface area contributed by atoms with Crippen molar-refractivity contribution in [1.29, 1.82) is 0 Å². The summed E-state index contributed by atoms with van der Waals surface area (Å²) in [7, 11) is 0. The van der Waals surface area contributed by atoms with Gasteiger partial charge >= 0.3 is 0 Å². The van der Waals surface area contributed by atoms with E-state index in [-0.39, 0.29) is 0 Å². The molecule has 0 bridgehead atoms. The topological polar surface area (TPSA) is 20.5 Å². The zero-order chi connectivity index (χ0) is 33.3. The van der Waals surface area contributed by atoms with Crippen LogP contribution in [0.4, 0.5) is 17.1 Å². The molecule has 2 aromatic heterocycles. The molecule has 0 radical (unpaired) electrons. The Morgan fingerprint density at radius 1 is 0.360 bits per heavy atom. The van der Waals surface area contributed by atoms with Gasteiger partial charge in [0.05, 0.1) is 22.6 Å². The molecule has 0 fully saturated rings. The molecule has 0 aliphatic heterocycles. The van der Waals surface area contributed by atoms with Gasteiger partial charge in [0.15, 0.2) is 0 Å². The molecule has 50 heavy (non-hydrogen) atoms. The van der Waals surface area contributed by atoms with Crippen LogP contribution in [0.25, 0.3) is 61.1 Å². The highest BCUT2D eigenvalue weighted by Gasteiger charge is 2.25. The maximum absolute atomic E-state index is 5.34. The summed E-state index contributed by atoms with van der Waals surface area (Å²) in [4.78, 5) is 2.40. The molecular formula is C47H33N3. The van der Waals surface area contributed by atoms with Gasteiger partial charge in [0.2, 0.25) is 0 Å². The zero-order valence-corrected chi connectivity index (χ0v) is 27.4. The smallest absolute Gasteiger partial charge is 0.0972 e. The third-order valence-electron chi connectivity index (χ3n) is 9.41. The third kappa shape index (κ3) is 5.32. The lowest BCUT2D eigenvalue weighted by Crippen LogP contribution is -2.14. The first-order chi connectivity index (χ1) is 24.8. The van der Waals surface area contributed by atoms with Crippen molar-refractivity contribution in [3.63, 3.8) is 0 Å². The van der Waals surface area contributed by atoms with Crippen molar-refractivity contribution in [2.75, 3.05) is 4.90 Å². The van der Waals surface area contributed by atoms with E-state index < -0.39 is 0 Å². The van der Waals surface area contributed by atoms with Crippen molar-refractivity contribution in [1.82, 2.24) is 9.61 Å². The van der Waals surface area contributed by atoms with Crippen LogP contribution in [0.1, 0.15) is 0 Å². The van der Waals surface area contributed by atoms with Gasteiger partial charge in [-0.2, -0.15) is 5.10 Å². The second-order valence-electron chi connectivity index (χ2n) is 12.5. The first-order valence-corrected chi connectivity index (χ1v) is 17.0. The lowest BCUT2D eigenvalue weighted by Gasteiger charge is -2.30. The molecule has 3 heteroatoms. The van der Waals surface area contributed by atoms with Gasteiger partial charge in [0.1, 0.15) is 0 Å². The molecular weight excluding hydrogens is 607 g/mol. The minimum absolute atomic E-state index is 0.941. The average molecular weight is 640 g/mol. The van der Waals surface area contributed by atoms with Crippen molar-refractivity contribution in [2.45, 2.75) is 0 Å². The van der Waals surface area contributed by atoms with Crippen LogP contribution < -0.4 is 4.90 Å². The molecule has 2 heterocycles. The fourth-order valence-corrected chi connectivity index (χ4v) is 6.99. The third-order valence-corrected chi connectivity index (χ3v) is 9.41. The fraction of sp³-hybridized carbons (Fsp3) is 0. The number of benzene rings is 7. The first-order valence-electron chi connectivity index (χ1n) is 17.0. The molecule has 9 aromatic rings.